The van der Waals surface area contributed by atoms with Crippen molar-refractivity contribution in [3.05, 3.63) is 132 Å². The topological polar surface area (TPSA) is 113 Å². The SMILES string of the molecule is CNC(=O)[C@H](Cc1ccccc1)N1CC[C@](CCc2ccccc2)(NC[C@@H](CCCCNC(=O)c2ccncc2)SCc2ccc(OC)cc2)C1=O. The molecule has 1 aromatic heterocycles. The molecule has 0 aliphatic carbocycles. The van der Waals surface area contributed by atoms with Crippen LogP contribution >= 0.6 is 11.8 Å². The van der Waals surface area contributed by atoms with E-state index in [-0.39, 0.29) is 23.0 Å². The monoisotopic (exact) mass is 721 g/mol. The number of nitrogens with one attached hydrogen (secondary N) is 3. The van der Waals surface area contributed by atoms with Crippen molar-refractivity contribution < 1.29 is 19.1 Å². The van der Waals surface area contributed by atoms with Gasteiger partial charge in [-0.15, -0.1) is 0 Å². The van der Waals surface area contributed by atoms with E-state index in [0.717, 1.165) is 42.7 Å². The first-order valence-electron chi connectivity index (χ1n) is 18.2. The molecule has 3 atom stereocenters. The summed E-state index contributed by atoms with van der Waals surface area (Å²) in [4.78, 5) is 46.3. The van der Waals surface area contributed by atoms with Gasteiger partial charge in [-0.1, -0.05) is 79.2 Å². The van der Waals surface area contributed by atoms with E-state index in [1.54, 1.807) is 43.6 Å². The van der Waals surface area contributed by atoms with E-state index < -0.39 is 11.6 Å². The van der Waals surface area contributed by atoms with Crippen molar-refractivity contribution in [2.24, 2.45) is 0 Å². The van der Waals surface area contributed by atoms with Crippen molar-refractivity contribution in [2.75, 3.05) is 33.8 Å². The van der Waals surface area contributed by atoms with Gasteiger partial charge in [0.25, 0.3) is 5.91 Å². The van der Waals surface area contributed by atoms with Crippen LogP contribution in [0.25, 0.3) is 0 Å². The summed E-state index contributed by atoms with van der Waals surface area (Å²) in [7, 11) is 3.31. The van der Waals surface area contributed by atoms with Gasteiger partial charge >= 0.3 is 0 Å². The predicted molar refractivity (Wildman–Crippen MR) is 208 cm³/mol. The number of hydrogen-bond acceptors (Lipinski definition) is 7. The molecule has 1 saturated heterocycles. The van der Waals surface area contributed by atoms with E-state index in [0.29, 0.717) is 44.5 Å². The lowest BCUT2D eigenvalue weighted by molar-refractivity contribution is -0.140. The van der Waals surface area contributed by atoms with E-state index in [2.05, 4.69) is 45.2 Å². The van der Waals surface area contributed by atoms with Gasteiger partial charge in [-0.25, -0.2) is 0 Å². The summed E-state index contributed by atoms with van der Waals surface area (Å²) in [6.07, 6.45) is 8.38. The predicted octanol–water partition coefficient (Wildman–Crippen LogP) is 5.84. The zero-order valence-electron chi connectivity index (χ0n) is 30.3. The molecular weight excluding hydrogens is 671 g/mol. The molecule has 0 saturated carbocycles. The van der Waals surface area contributed by atoms with Gasteiger partial charge in [0.05, 0.1) is 7.11 Å². The molecule has 0 radical (unpaired) electrons. The molecule has 1 aliphatic rings. The third-order valence-corrected chi connectivity index (χ3v) is 11.2. The molecule has 3 N–H and O–H groups in total. The number of carbonyl (C=O) groups excluding carboxylic acids is 3. The third-order valence-electron chi connectivity index (χ3n) is 9.82. The molecule has 0 unspecified atom stereocenters. The van der Waals surface area contributed by atoms with Crippen molar-refractivity contribution in [3.8, 4) is 5.75 Å². The smallest absolute Gasteiger partial charge is 0.251 e. The summed E-state index contributed by atoms with van der Waals surface area (Å²) in [6, 6.07) is 31.2. The van der Waals surface area contributed by atoms with Crippen molar-refractivity contribution in [1.82, 2.24) is 25.8 Å². The lowest BCUT2D eigenvalue weighted by Gasteiger charge is -2.33. The minimum Gasteiger partial charge on any atom is -0.497 e. The fourth-order valence-electron chi connectivity index (χ4n) is 6.72. The Morgan fingerprint density at radius 1 is 0.904 bits per heavy atom. The Morgan fingerprint density at radius 3 is 2.27 bits per heavy atom. The van der Waals surface area contributed by atoms with Crippen LogP contribution in [0.4, 0.5) is 0 Å². The van der Waals surface area contributed by atoms with Crippen molar-refractivity contribution >= 4 is 29.5 Å². The van der Waals surface area contributed by atoms with Crippen LogP contribution in [0.5, 0.6) is 5.75 Å². The second kappa shape index (κ2) is 19.8. The third kappa shape index (κ3) is 10.9. The molecule has 52 heavy (non-hydrogen) atoms. The molecule has 2 heterocycles. The van der Waals surface area contributed by atoms with Gasteiger partial charge < -0.3 is 25.6 Å². The van der Waals surface area contributed by atoms with Crippen molar-refractivity contribution in [2.45, 2.75) is 67.5 Å². The Kier molecular flexibility index (Phi) is 14.7. The molecule has 9 nitrogen and oxygen atoms in total. The normalized spacial score (nSPS) is 16.7. The van der Waals surface area contributed by atoms with Crippen LogP contribution in [-0.4, -0.2) is 78.2 Å². The van der Waals surface area contributed by atoms with Gasteiger partial charge in [-0.2, -0.15) is 11.8 Å². The van der Waals surface area contributed by atoms with Gasteiger partial charge in [0.15, 0.2) is 0 Å². The van der Waals surface area contributed by atoms with Crippen LogP contribution in [0.2, 0.25) is 0 Å². The maximum absolute atomic E-state index is 14.7. The van der Waals surface area contributed by atoms with Gasteiger partial charge in [-0.3, -0.25) is 19.4 Å². The lowest BCUT2D eigenvalue weighted by Crippen LogP contribution is -2.57. The minimum absolute atomic E-state index is 0.00862. The number of aromatic nitrogens is 1. The van der Waals surface area contributed by atoms with Crippen LogP contribution in [0.1, 0.15) is 59.2 Å². The number of methoxy groups -OCH3 is 1. The number of amides is 3. The Bertz CT molecular complexity index is 1690. The fourth-order valence-corrected chi connectivity index (χ4v) is 7.88. The maximum atomic E-state index is 14.7. The molecular formula is C42H51N5O4S. The zero-order chi connectivity index (χ0) is 36.6. The highest BCUT2D eigenvalue weighted by molar-refractivity contribution is 7.99. The second-order valence-corrected chi connectivity index (χ2v) is 14.6. The quantitative estimate of drug-likeness (QED) is 0.0984. The second-order valence-electron chi connectivity index (χ2n) is 13.3. The number of likely N-dealkylation sites (N-methyl/N-ethyl adjacent to an activating group) is 1. The summed E-state index contributed by atoms with van der Waals surface area (Å²) in [5, 5.41) is 9.87. The lowest BCUT2D eigenvalue weighted by atomic mass is 9.89. The van der Waals surface area contributed by atoms with Gasteiger partial charge in [-0.05, 0) is 73.1 Å². The Morgan fingerprint density at radius 2 is 1.60 bits per heavy atom. The maximum Gasteiger partial charge on any atom is 0.251 e. The number of hydrogen-bond donors (Lipinski definition) is 3. The number of unbranched alkanes of at least 4 members (excludes halogenated alkanes) is 1. The van der Waals surface area contributed by atoms with Crippen LogP contribution < -0.4 is 20.7 Å². The number of rotatable bonds is 20. The molecule has 0 bridgehead atoms. The summed E-state index contributed by atoms with van der Waals surface area (Å²) in [5.41, 5.74) is 3.21. The van der Waals surface area contributed by atoms with Crippen LogP contribution in [-0.2, 0) is 28.2 Å². The molecule has 10 heteroatoms. The average molecular weight is 722 g/mol. The number of ether oxygens (including phenoxy) is 1. The first-order valence-corrected chi connectivity index (χ1v) is 19.2. The molecule has 3 amide bonds. The molecule has 5 rings (SSSR count). The van der Waals surface area contributed by atoms with Gasteiger partial charge in [0.2, 0.25) is 11.8 Å². The summed E-state index contributed by atoms with van der Waals surface area (Å²) in [6.45, 7) is 1.73. The van der Waals surface area contributed by atoms with Crippen LogP contribution in [0, 0.1) is 0 Å². The molecule has 0 spiro atoms. The standard InChI is InChI=1S/C42H51N5O4S/c1-43-40(49)38(29-33-13-7-4-8-14-33)47-28-24-42(41(47)50,23-20-32-11-5-3-6-12-32)46-30-37(52-31-34-16-18-36(51-2)19-17-34)15-9-10-25-45-39(48)35-21-26-44-27-22-35/h3-8,11-14,16-19,21-22,26-27,37-38,46H,9-10,15,20,23-25,28-31H2,1-2H3,(H,43,49)(H,45,48)/t37-,38+,42+/m1/s1. The van der Waals surface area contributed by atoms with E-state index in [4.69, 9.17) is 4.74 Å². The van der Waals surface area contributed by atoms with E-state index in [1.165, 1.54) is 11.1 Å². The largest absolute Gasteiger partial charge is 0.497 e. The Labute approximate surface area is 312 Å². The molecule has 3 aromatic carbocycles. The van der Waals surface area contributed by atoms with E-state index in [1.807, 2.05) is 72.4 Å². The van der Waals surface area contributed by atoms with Gasteiger partial charge in [0, 0.05) is 62.1 Å². The summed E-state index contributed by atoms with van der Waals surface area (Å²) >= 11 is 1.88. The average Bonchev–Trinajstić information content (AvgIpc) is 3.52. The van der Waals surface area contributed by atoms with Crippen molar-refractivity contribution in [1.29, 1.82) is 0 Å². The van der Waals surface area contributed by atoms with E-state index >= 15 is 0 Å². The number of nitrogens with zero attached hydrogens (tertiary/aromatic N) is 2. The van der Waals surface area contributed by atoms with Crippen LogP contribution in [0.3, 0.4) is 0 Å². The molecule has 274 valence electrons. The zero-order valence-corrected chi connectivity index (χ0v) is 31.1. The van der Waals surface area contributed by atoms with Crippen molar-refractivity contribution in [3.63, 3.8) is 0 Å². The summed E-state index contributed by atoms with van der Waals surface area (Å²) in [5.74, 6) is 1.39. The first kappa shape index (κ1) is 38.6. The van der Waals surface area contributed by atoms with Crippen LogP contribution in [0.15, 0.2) is 109 Å². The van der Waals surface area contributed by atoms with Gasteiger partial charge in [0.1, 0.15) is 17.3 Å². The number of aryl methyl sites for hydroxylation is 1. The first-order chi connectivity index (χ1) is 25.4. The molecule has 1 aliphatic heterocycles. The number of likely N-dealkylation sites (tertiary alicyclic amines) is 1. The number of carbonyl (C=O) groups is 3. The van der Waals surface area contributed by atoms with E-state index in [9.17, 15) is 14.4 Å². The Balaban J connectivity index is 1.29. The minimum atomic E-state index is -0.795. The highest BCUT2D eigenvalue weighted by Crippen LogP contribution is 2.32. The number of pyridine rings is 1. The molecule has 1 fully saturated rings. The number of thioether (sulfide) groups is 1. The summed E-state index contributed by atoms with van der Waals surface area (Å²) < 4.78 is 5.36. The highest BCUT2D eigenvalue weighted by atomic mass is 32.2. The Hall–Kier alpha value is -4.67. The molecule has 4 aromatic rings. The number of benzene rings is 3. The highest BCUT2D eigenvalue weighted by Gasteiger charge is 2.49. The fraction of sp³-hybridized carbons (Fsp3) is 0.381.